The number of methoxy groups -OCH3 is 1. The van der Waals surface area contributed by atoms with Gasteiger partial charge >= 0.3 is 0 Å². The van der Waals surface area contributed by atoms with E-state index in [9.17, 15) is 4.79 Å². The highest BCUT2D eigenvalue weighted by atomic mass is 79.9. The number of thioether (sulfide) groups is 1. The van der Waals surface area contributed by atoms with Crippen LogP contribution in [-0.2, 0) is 11.4 Å². The Morgan fingerprint density at radius 1 is 1.17 bits per heavy atom. The first-order chi connectivity index (χ1) is 13.9. The summed E-state index contributed by atoms with van der Waals surface area (Å²) >= 11 is 10.1. The fraction of sp³-hybridized carbons (Fsp3) is 0.273. The number of amides is 1. The number of ether oxygens (including phenoxy) is 2. The lowest BCUT2D eigenvalue weighted by atomic mass is 10.1. The fourth-order valence-electron chi connectivity index (χ4n) is 2.81. The lowest BCUT2D eigenvalue weighted by Crippen LogP contribution is -2.31. The number of benzene rings is 2. The molecule has 1 amide bonds. The zero-order valence-electron chi connectivity index (χ0n) is 16.5. The molecule has 2 aromatic carbocycles. The van der Waals surface area contributed by atoms with Gasteiger partial charge in [-0.05, 0) is 47.4 Å². The monoisotopic (exact) mass is 491 g/mol. The van der Waals surface area contributed by atoms with E-state index < -0.39 is 0 Å². The van der Waals surface area contributed by atoms with E-state index in [-0.39, 0.29) is 5.91 Å². The molecule has 0 aromatic heterocycles. The zero-order valence-corrected chi connectivity index (χ0v) is 19.7. The lowest BCUT2D eigenvalue weighted by Gasteiger charge is -2.16. The highest BCUT2D eigenvalue weighted by molar-refractivity contribution is 9.10. The Morgan fingerprint density at radius 3 is 2.55 bits per heavy atom. The zero-order chi connectivity index (χ0) is 21.0. The molecule has 1 saturated heterocycles. The molecule has 7 heteroatoms. The van der Waals surface area contributed by atoms with Gasteiger partial charge in [0.05, 0.1) is 12.0 Å². The summed E-state index contributed by atoms with van der Waals surface area (Å²) in [6, 6.07) is 13.6. The molecule has 0 spiro atoms. The highest BCUT2D eigenvalue weighted by Crippen LogP contribution is 2.35. The van der Waals surface area contributed by atoms with Gasteiger partial charge in [0.1, 0.15) is 10.9 Å². The summed E-state index contributed by atoms with van der Waals surface area (Å²) in [5.74, 6) is 1.59. The highest BCUT2D eigenvalue weighted by Gasteiger charge is 2.32. The van der Waals surface area contributed by atoms with Gasteiger partial charge in [0.25, 0.3) is 5.91 Å². The largest absolute Gasteiger partial charge is 0.493 e. The molecule has 1 fully saturated rings. The van der Waals surface area contributed by atoms with Crippen LogP contribution in [0.25, 0.3) is 6.08 Å². The molecule has 0 radical (unpaired) electrons. The third-order valence-electron chi connectivity index (χ3n) is 4.21. The van der Waals surface area contributed by atoms with Gasteiger partial charge in [0.2, 0.25) is 0 Å². The fourth-order valence-corrected chi connectivity index (χ4v) is 4.35. The van der Waals surface area contributed by atoms with Gasteiger partial charge in [-0.25, -0.2) is 0 Å². The standard InChI is InChI=1S/C22H22BrNO3S2/c1-14(2)12-24-21(25)20(29-22(24)28)11-16-6-9-18(19(10-16)26-3)27-13-15-4-7-17(23)8-5-15/h4-11,14H,12-13H2,1-3H3/b20-11-. The van der Waals surface area contributed by atoms with Crippen LogP contribution in [0.5, 0.6) is 11.5 Å². The number of nitrogens with zero attached hydrogens (tertiary/aromatic N) is 1. The average molecular weight is 492 g/mol. The predicted octanol–water partition coefficient (Wildman–Crippen LogP) is 5.89. The van der Waals surface area contributed by atoms with Gasteiger partial charge < -0.3 is 9.47 Å². The summed E-state index contributed by atoms with van der Waals surface area (Å²) in [7, 11) is 1.60. The summed E-state index contributed by atoms with van der Waals surface area (Å²) in [5.41, 5.74) is 1.93. The van der Waals surface area contributed by atoms with E-state index in [1.807, 2.05) is 48.5 Å². The van der Waals surface area contributed by atoms with Crippen molar-refractivity contribution in [2.24, 2.45) is 5.92 Å². The van der Waals surface area contributed by atoms with E-state index in [2.05, 4.69) is 29.8 Å². The molecule has 1 aliphatic heterocycles. The Labute approximate surface area is 189 Å². The Kier molecular flexibility index (Phi) is 7.38. The first-order valence-electron chi connectivity index (χ1n) is 9.18. The molecule has 0 unspecified atom stereocenters. The molecule has 4 nitrogen and oxygen atoms in total. The van der Waals surface area contributed by atoms with E-state index in [1.54, 1.807) is 12.0 Å². The first-order valence-corrected chi connectivity index (χ1v) is 11.2. The maximum Gasteiger partial charge on any atom is 0.266 e. The van der Waals surface area contributed by atoms with Crippen LogP contribution in [-0.4, -0.2) is 28.8 Å². The third-order valence-corrected chi connectivity index (χ3v) is 6.12. The molecule has 0 atom stereocenters. The van der Waals surface area contributed by atoms with Crippen LogP contribution in [0.3, 0.4) is 0 Å². The van der Waals surface area contributed by atoms with Crippen molar-refractivity contribution in [3.8, 4) is 11.5 Å². The summed E-state index contributed by atoms with van der Waals surface area (Å²) in [5, 5.41) is 0. The van der Waals surface area contributed by atoms with Crippen LogP contribution in [0.15, 0.2) is 51.8 Å². The molecular formula is C22H22BrNO3S2. The maximum absolute atomic E-state index is 12.7. The summed E-state index contributed by atoms with van der Waals surface area (Å²) in [6.45, 7) is 5.21. The van der Waals surface area contributed by atoms with E-state index >= 15 is 0 Å². The number of hydrogen-bond acceptors (Lipinski definition) is 5. The second kappa shape index (κ2) is 9.78. The maximum atomic E-state index is 12.7. The lowest BCUT2D eigenvalue weighted by molar-refractivity contribution is -0.122. The van der Waals surface area contributed by atoms with Crippen LogP contribution < -0.4 is 9.47 Å². The van der Waals surface area contributed by atoms with Crippen LogP contribution in [0.1, 0.15) is 25.0 Å². The Hall–Kier alpha value is -1.83. The summed E-state index contributed by atoms with van der Waals surface area (Å²) < 4.78 is 13.0. The van der Waals surface area contributed by atoms with Crippen LogP contribution in [0, 0.1) is 5.92 Å². The third kappa shape index (κ3) is 5.62. The van der Waals surface area contributed by atoms with Crippen molar-refractivity contribution in [1.29, 1.82) is 0 Å². The Morgan fingerprint density at radius 2 is 1.90 bits per heavy atom. The van der Waals surface area contributed by atoms with Gasteiger partial charge in [-0.15, -0.1) is 0 Å². The normalized spacial score (nSPS) is 15.5. The molecule has 0 bridgehead atoms. The molecule has 0 N–H and O–H groups in total. The number of halogens is 1. The molecule has 152 valence electrons. The van der Waals surface area contributed by atoms with Crippen molar-refractivity contribution in [2.45, 2.75) is 20.5 Å². The van der Waals surface area contributed by atoms with Crippen molar-refractivity contribution >= 4 is 56.2 Å². The quantitative estimate of drug-likeness (QED) is 0.356. The minimum atomic E-state index is -0.0387. The molecule has 3 rings (SSSR count). The van der Waals surface area contributed by atoms with E-state index in [0.29, 0.717) is 39.8 Å². The second-order valence-electron chi connectivity index (χ2n) is 7.01. The molecule has 1 aliphatic rings. The summed E-state index contributed by atoms with van der Waals surface area (Å²) in [6.07, 6.45) is 1.85. The number of hydrogen-bond donors (Lipinski definition) is 0. The van der Waals surface area contributed by atoms with Gasteiger partial charge in [-0.3, -0.25) is 9.69 Å². The SMILES string of the molecule is COc1cc(/C=C2\SC(=S)N(CC(C)C)C2=O)ccc1OCc1ccc(Br)cc1. The van der Waals surface area contributed by atoms with Crippen molar-refractivity contribution in [3.63, 3.8) is 0 Å². The minimum absolute atomic E-state index is 0.0387. The average Bonchev–Trinajstić information content (AvgIpc) is 2.95. The van der Waals surface area contributed by atoms with Gasteiger partial charge in [0.15, 0.2) is 11.5 Å². The second-order valence-corrected chi connectivity index (χ2v) is 9.60. The van der Waals surface area contributed by atoms with Gasteiger partial charge in [0, 0.05) is 11.0 Å². The van der Waals surface area contributed by atoms with Crippen molar-refractivity contribution < 1.29 is 14.3 Å². The molecule has 0 saturated carbocycles. The van der Waals surface area contributed by atoms with E-state index in [4.69, 9.17) is 21.7 Å². The molecule has 29 heavy (non-hydrogen) atoms. The molecule has 2 aromatic rings. The molecular weight excluding hydrogens is 470 g/mol. The van der Waals surface area contributed by atoms with Crippen LogP contribution in [0.4, 0.5) is 0 Å². The van der Waals surface area contributed by atoms with Crippen LogP contribution in [0.2, 0.25) is 0 Å². The van der Waals surface area contributed by atoms with Gasteiger partial charge in [-0.2, -0.15) is 0 Å². The summed E-state index contributed by atoms with van der Waals surface area (Å²) in [4.78, 5) is 14.9. The van der Waals surface area contributed by atoms with Crippen molar-refractivity contribution in [2.75, 3.05) is 13.7 Å². The Bertz CT molecular complexity index is 942. The van der Waals surface area contributed by atoms with Crippen molar-refractivity contribution in [3.05, 3.63) is 63.0 Å². The number of rotatable bonds is 7. The minimum Gasteiger partial charge on any atom is -0.493 e. The topological polar surface area (TPSA) is 38.8 Å². The van der Waals surface area contributed by atoms with Gasteiger partial charge in [-0.1, -0.05) is 72.0 Å². The van der Waals surface area contributed by atoms with Crippen LogP contribution >= 0.6 is 39.9 Å². The number of carbonyl (C=O) groups excluding carboxylic acids is 1. The van der Waals surface area contributed by atoms with Crippen molar-refractivity contribution in [1.82, 2.24) is 4.90 Å². The van der Waals surface area contributed by atoms with E-state index in [1.165, 1.54) is 11.8 Å². The Balaban J connectivity index is 1.74. The number of carbonyl (C=O) groups is 1. The smallest absolute Gasteiger partial charge is 0.266 e. The molecule has 1 heterocycles. The first kappa shape index (κ1) is 21.9. The van der Waals surface area contributed by atoms with E-state index in [0.717, 1.165) is 15.6 Å². The number of thiocarbonyl (C=S) groups is 1. The molecule has 0 aliphatic carbocycles. The predicted molar refractivity (Wildman–Crippen MR) is 126 cm³/mol.